The summed E-state index contributed by atoms with van der Waals surface area (Å²) in [7, 11) is 0. The molecule has 0 aromatic carbocycles. The molecule has 4 N–H and O–H groups in total. The lowest BCUT2D eigenvalue weighted by molar-refractivity contribution is -0.126. The minimum Gasteiger partial charge on any atom is -0.391 e. The van der Waals surface area contributed by atoms with E-state index in [1.54, 1.807) is 0 Å². The molecule has 4 heteroatoms. The molecule has 0 bridgehead atoms. The van der Waals surface area contributed by atoms with Gasteiger partial charge in [-0.15, -0.1) is 0 Å². The van der Waals surface area contributed by atoms with Crippen LogP contribution in [0.5, 0.6) is 0 Å². The molecule has 0 spiro atoms. The third-order valence-electron chi connectivity index (χ3n) is 1.46. The van der Waals surface area contributed by atoms with Gasteiger partial charge < -0.3 is 16.2 Å². The minimum atomic E-state index is -0.723. The molecule has 1 rings (SSSR count). The van der Waals surface area contributed by atoms with Crippen LogP contribution in [0.25, 0.3) is 0 Å². The molecular weight excluding hydrogens is 120 g/mol. The standard InChI is InChI=1S/C5H10N2O2/c6-4-3(8)1-2-7-5(4)9/h3-4,8H,1-2,6H2,(H,7,9)/t3-,4+/m0/s1. The second-order valence-corrected chi connectivity index (χ2v) is 2.17. The Morgan fingerprint density at radius 1 is 1.78 bits per heavy atom. The number of carbonyl (C=O) groups is 1. The molecule has 2 atom stereocenters. The third kappa shape index (κ3) is 1.20. The number of piperidine rings is 1. The van der Waals surface area contributed by atoms with Crippen LogP contribution in [-0.2, 0) is 4.79 Å². The highest BCUT2D eigenvalue weighted by atomic mass is 16.3. The zero-order valence-electron chi connectivity index (χ0n) is 5.00. The first kappa shape index (κ1) is 6.51. The topological polar surface area (TPSA) is 75.4 Å². The number of amides is 1. The van der Waals surface area contributed by atoms with Crippen molar-refractivity contribution >= 4 is 5.91 Å². The Hall–Kier alpha value is -0.610. The number of carbonyl (C=O) groups excluding carboxylic acids is 1. The maximum absolute atomic E-state index is 10.6. The average molecular weight is 130 g/mol. The molecule has 0 aromatic rings. The Labute approximate surface area is 53.0 Å². The highest BCUT2D eigenvalue weighted by Crippen LogP contribution is 2.00. The second kappa shape index (κ2) is 2.33. The Bertz CT molecular complexity index is 126. The van der Waals surface area contributed by atoms with E-state index >= 15 is 0 Å². The molecule has 9 heavy (non-hydrogen) atoms. The van der Waals surface area contributed by atoms with Crippen molar-refractivity contribution in [2.75, 3.05) is 6.54 Å². The van der Waals surface area contributed by atoms with E-state index in [4.69, 9.17) is 10.8 Å². The van der Waals surface area contributed by atoms with E-state index < -0.39 is 12.1 Å². The molecule has 1 aliphatic rings. The summed E-state index contributed by atoms with van der Waals surface area (Å²) in [5.74, 6) is -0.256. The molecular formula is C5H10N2O2. The summed E-state index contributed by atoms with van der Waals surface area (Å²) in [4.78, 5) is 10.6. The van der Waals surface area contributed by atoms with Crippen LogP contribution < -0.4 is 11.1 Å². The predicted octanol–water partition coefficient (Wildman–Crippen LogP) is -1.81. The minimum absolute atomic E-state index is 0.256. The zero-order valence-corrected chi connectivity index (χ0v) is 5.00. The Morgan fingerprint density at radius 3 is 2.89 bits per heavy atom. The Morgan fingerprint density at radius 2 is 2.44 bits per heavy atom. The van der Waals surface area contributed by atoms with Crippen LogP contribution in [0.3, 0.4) is 0 Å². The molecule has 1 amide bonds. The van der Waals surface area contributed by atoms with Crippen LogP contribution in [0.2, 0.25) is 0 Å². The molecule has 1 aliphatic heterocycles. The van der Waals surface area contributed by atoms with Crippen LogP contribution in [0.15, 0.2) is 0 Å². The summed E-state index contributed by atoms with van der Waals surface area (Å²) >= 11 is 0. The highest BCUT2D eigenvalue weighted by Gasteiger charge is 2.25. The number of hydrogen-bond acceptors (Lipinski definition) is 3. The van der Waals surface area contributed by atoms with Crippen LogP contribution >= 0.6 is 0 Å². The van der Waals surface area contributed by atoms with E-state index in [0.29, 0.717) is 13.0 Å². The SMILES string of the molecule is N[C@H]1C(=O)NCC[C@@H]1O. The summed E-state index contributed by atoms with van der Waals surface area (Å²) in [5.41, 5.74) is 5.26. The molecule has 4 nitrogen and oxygen atoms in total. The molecule has 1 fully saturated rings. The van der Waals surface area contributed by atoms with Gasteiger partial charge in [0.15, 0.2) is 0 Å². The Balaban J connectivity index is 2.51. The van der Waals surface area contributed by atoms with Crippen molar-refractivity contribution in [3.63, 3.8) is 0 Å². The van der Waals surface area contributed by atoms with Crippen molar-refractivity contribution in [2.24, 2.45) is 5.73 Å². The van der Waals surface area contributed by atoms with Crippen molar-refractivity contribution < 1.29 is 9.90 Å². The van der Waals surface area contributed by atoms with Gasteiger partial charge in [0.05, 0.1) is 6.10 Å². The lowest BCUT2D eigenvalue weighted by atomic mass is 10.0. The van der Waals surface area contributed by atoms with Gasteiger partial charge in [-0.05, 0) is 6.42 Å². The normalized spacial score (nSPS) is 36.0. The van der Waals surface area contributed by atoms with E-state index in [1.807, 2.05) is 0 Å². The third-order valence-corrected chi connectivity index (χ3v) is 1.46. The second-order valence-electron chi connectivity index (χ2n) is 2.17. The fourth-order valence-corrected chi connectivity index (χ4v) is 0.815. The highest BCUT2D eigenvalue weighted by molar-refractivity contribution is 5.82. The lowest BCUT2D eigenvalue weighted by Crippen LogP contribution is -2.53. The van der Waals surface area contributed by atoms with Crippen molar-refractivity contribution in [1.82, 2.24) is 5.32 Å². The van der Waals surface area contributed by atoms with Crippen LogP contribution in [0.1, 0.15) is 6.42 Å². The average Bonchev–Trinajstić information content (AvgIpc) is 1.83. The molecule has 0 aromatic heterocycles. The fraction of sp³-hybridized carbons (Fsp3) is 0.800. The molecule has 52 valence electrons. The van der Waals surface area contributed by atoms with Crippen LogP contribution in [0.4, 0.5) is 0 Å². The number of aliphatic hydroxyl groups is 1. The van der Waals surface area contributed by atoms with E-state index in [0.717, 1.165) is 0 Å². The maximum atomic E-state index is 10.6. The summed E-state index contributed by atoms with van der Waals surface area (Å²) in [6.07, 6.45) is -0.0915. The zero-order chi connectivity index (χ0) is 6.85. The lowest BCUT2D eigenvalue weighted by Gasteiger charge is -2.23. The summed E-state index contributed by atoms with van der Waals surface area (Å²) < 4.78 is 0. The van der Waals surface area contributed by atoms with Crippen molar-refractivity contribution in [3.8, 4) is 0 Å². The van der Waals surface area contributed by atoms with Crippen molar-refractivity contribution in [2.45, 2.75) is 18.6 Å². The van der Waals surface area contributed by atoms with Crippen molar-refractivity contribution in [1.29, 1.82) is 0 Å². The number of rotatable bonds is 0. The van der Waals surface area contributed by atoms with Crippen LogP contribution in [-0.4, -0.2) is 29.7 Å². The van der Waals surface area contributed by atoms with E-state index in [1.165, 1.54) is 0 Å². The molecule has 1 saturated heterocycles. The first-order chi connectivity index (χ1) is 4.22. The first-order valence-electron chi connectivity index (χ1n) is 2.93. The van der Waals surface area contributed by atoms with Gasteiger partial charge in [0.1, 0.15) is 6.04 Å². The summed E-state index contributed by atoms with van der Waals surface area (Å²) in [6.45, 7) is 0.535. The molecule has 0 unspecified atom stereocenters. The van der Waals surface area contributed by atoms with E-state index in [2.05, 4.69) is 5.32 Å². The molecule has 0 saturated carbocycles. The van der Waals surface area contributed by atoms with Gasteiger partial charge in [0, 0.05) is 6.54 Å². The number of aliphatic hydroxyl groups excluding tert-OH is 1. The quantitative estimate of drug-likeness (QED) is 0.362. The van der Waals surface area contributed by atoms with Crippen molar-refractivity contribution in [3.05, 3.63) is 0 Å². The van der Waals surface area contributed by atoms with Gasteiger partial charge in [-0.1, -0.05) is 0 Å². The van der Waals surface area contributed by atoms with Gasteiger partial charge in [0.2, 0.25) is 5.91 Å². The van der Waals surface area contributed by atoms with Crippen LogP contribution in [0, 0.1) is 0 Å². The van der Waals surface area contributed by atoms with Gasteiger partial charge in [0.25, 0.3) is 0 Å². The maximum Gasteiger partial charge on any atom is 0.239 e. The largest absolute Gasteiger partial charge is 0.391 e. The fourth-order valence-electron chi connectivity index (χ4n) is 0.815. The van der Waals surface area contributed by atoms with Gasteiger partial charge in [-0.2, -0.15) is 0 Å². The summed E-state index contributed by atoms with van der Waals surface area (Å²) in [6, 6.07) is -0.723. The number of nitrogens with one attached hydrogen (secondary N) is 1. The number of nitrogens with two attached hydrogens (primary N) is 1. The molecule has 1 heterocycles. The van der Waals surface area contributed by atoms with E-state index in [-0.39, 0.29) is 5.91 Å². The van der Waals surface area contributed by atoms with E-state index in [9.17, 15) is 4.79 Å². The Kier molecular flexibility index (Phi) is 1.68. The number of hydrogen-bond donors (Lipinski definition) is 3. The van der Waals surface area contributed by atoms with Gasteiger partial charge in [-0.3, -0.25) is 4.79 Å². The van der Waals surface area contributed by atoms with Gasteiger partial charge >= 0.3 is 0 Å². The van der Waals surface area contributed by atoms with Gasteiger partial charge in [-0.25, -0.2) is 0 Å². The smallest absolute Gasteiger partial charge is 0.239 e. The summed E-state index contributed by atoms with van der Waals surface area (Å²) in [5, 5.41) is 11.5. The predicted molar refractivity (Wildman–Crippen MR) is 31.6 cm³/mol. The molecule has 0 aliphatic carbocycles. The molecule has 0 radical (unpaired) electrons. The first-order valence-corrected chi connectivity index (χ1v) is 2.93. The monoisotopic (exact) mass is 130 g/mol.